The van der Waals surface area contributed by atoms with Crippen LogP contribution < -0.4 is 15.4 Å². The number of anilines is 1. The molecule has 0 spiro atoms. The van der Waals surface area contributed by atoms with Gasteiger partial charge in [-0.15, -0.1) is 0 Å². The summed E-state index contributed by atoms with van der Waals surface area (Å²) in [6, 6.07) is 7.29. The zero-order valence-corrected chi connectivity index (χ0v) is 16.7. The van der Waals surface area contributed by atoms with Crippen LogP contribution in [0.25, 0.3) is 28.2 Å². The van der Waals surface area contributed by atoms with Gasteiger partial charge in [0.1, 0.15) is 23.4 Å². The molecule has 1 fully saturated rings. The van der Waals surface area contributed by atoms with Gasteiger partial charge in [0, 0.05) is 49.7 Å². The maximum atomic E-state index is 13.9. The number of pyridine rings is 2. The van der Waals surface area contributed by atoms with Crippen molar-refractivity contribution in [1.82, 2.24) is 29.5 Å². The Morgan fingerprint density at radius 3 is 2.87 bits per heavy atom. The molecule has 0 aliphatic carbocycles. The average Bonchev–Trinajstić information content (AvgIpc) is 3.47. The first-order chi connectivity index (χ1) is 14.6. The minimum atomic E-state index is -0.930. The zero-order valence-electron chi connectivity index (χ0n) is 16.7. The van der Waals surface area contributed by atoms with E-state index in [1.54, 1.807) is 24.2 Å². The first kappa shape index (κ1) is 18.6. The fourth-order valence-corrected chi connectivity index (χ4v) is 3.78. The number of ether oxygens (including phenoxy) is 1. The SMILES string of the molecule is COc1cc2ncc(-c3cccc(NC4CNCC4F)n3)n2cc1-c1cnn(C)c1. The van der Waals surface area contributed by atoms with E-state index < -0.39 is 6.17 Å². The molecule has 0 radical (unpaired) electrons. The number of nitrogens with zero attached hydrogens (tertiary/aromatic N) is 5. The van der Waals surface area contributed by atoms with Crippen LogP contribution in [0.5, 0.6) is 5.75 Å². The molecule has 0 amide bonds. The molecule has 0 saturated carbocycles. The topological polar surface area (TPSA) is 81.3 Å². The molecule has 5 rings (SSSR count). The number of methoxy groups -OCH3 is 1. The third-order valence-electron chi connectivity index (χ3n) is 5.33. The molecule has 2 unspecified atom stereocenters. The number of imidazole rings is 1. The fraction of sp³-hybridized carbons (Fsp3) is 0.286. The van der Waals surface area contributed by atoms with Crippen LogP contribution in [0.3, 0.4) is 0 Å². The lowest BCUT2D eigenvalue weighted by molar-refractivity contribution is 0.342. The highest BCUT2D eigenvalue weighted by Gasteiger charge is 2.26. The summed E-state index contributed by atoms with van der Waals surface area (Å²) in [5.41, 5.74) is 4.18. The Morgan fingerprint density at radius 2 is 2.13 bits per heavy atom. The van der Waals surface area contributed by atoms with Crippen molar-refractivity contribution in [2.45, 2.75) is 12.2 Å². The third-order valence-corrected chi connectivity index (χ3v) is 5.33. The van der Waals surface area contributed by atoms with Gasteiger partial charge < -0.3 is 15.4 Å². The first-order valence-corrected chi connectivity index (χ1v) is 9.75. The van der Waals surface area contributed by atoms with E-state index in [4.69, 9.17) is 9.72 Å². The van der Waals surface area contributed by atoms with Crippen LogP contribution in [-0.4, -0.2) is 56.6 Å². The van der Waals surface area contributed by atoms with E-state index >= 15 is 0 Å². The Balaban J connectivity index is 1.55. The second-order valence-electron chi connectivity index (χ2n) is 7.36. The average molecular weight is 407 g/mol. The van der Waals surface area contributed by atoms with E-state index in [0.29, 0.717) is 18.9 Å². The molecule has 30 heavy (non-hydrogen) atoms. The van der Waals surface area contributed by atoms with Gasteiger partial charge in [0.05, 0.1) is 36.9 Å². The summed E-state index contributed by atoms with van der Waals surface area (Å²) < 4.78 is 23.3. The summed E-state index contributed by atoms with van der Waals surface area (Å²) in [6.07, 6.45) is 6.57. The third kappa shape index (κ3) is 3.26. The predicted octanol–water partition coefficient (Wildman–Crippen LogP) is 2.53. The molecule has 2 atom stereocenters. The van der Waals surface area contributed by atoms with Crippen molar-refractivity contribution in [3.05, 3.63) is 49.1 Å². The molecule has 4 aromatic rings. The number of hydrogen-bond donors (Lipinski definition) is 2. The number of aromatic nitrogens is 5. The molecule has 2 N–H and O–H groups in total. The van der Waals surface area contributed by atoms with Crippen LogP contribution in [0.1, 0.15) is 0 Å². The largest absolute Gasteiger partial charge is 0.496 e. The Labute approximate surface area is 172 Å². The number of nitrogens with one attached hydrogen (secondary N) is 2. The Bertz CT molecular complexity index is 1200. The van der Waals surface area contributed by atoms with Gasteiger partial charge >= 0.3 is 0 Å². The second-order valence-corrected chi connectivity index (χ2v) is 7.36. The van der Waals surface area contributed by atoms with Crippen LogP contribution >= 0.6 is 0 Å². The van der Waals surface area contributed by atoms with Crippen molar-refractivity contribution in [2.75, 3.05) is 25.5 Å². The molecule has 0 bridgehead atoms. The summed E-state index contributed by atoms with van der Waals surface area (Å²) in [4.78, 5) is 9.22. The maximum Gasteiger partial charge on any atom is 0.140 e. The molecule has 8 nitrogen and oxygen atoms in total. The maximum absolute atomic E-state index is 13.9. The number of aryl methyl sites for hydroxylation is 1. The quantitative estimate of drug-likeness (QED) is 0.529. The molecule has 9 heteroatoms. The highest BCUT2D eigenvalue weighted by Crippen LogP contribution is 2.32. The molecule has 5 heterocycles. The standard InChI is InChI=1S/C21H22FN7O/c1-28-11-13(7-25-28)14-12-29-18(10-24-21(29)6-19(14)30-2)16-4-3-5-20(26-16)27-17-9-23-8-15(17)22/h3-7,10-12,15,17,23H,8-9H2,1-2H3,(H,26,27). The van der Waals surface area contributed by atoms with Crippen molar-refractivity contribution < 1.29 is 9.13 Å². The number of rotatable bonds is 5. The molecule has 1 aliphatic heterocycles. The normalized spacial score (nSPS) is 18.8. The number of hydrogen-bond acceptors (Lipinski definition) is 6. The summed E-state index contributed by atoms with van der Waals surface area (Å²) in [5, 5.41) is 10.5. The van der Waals surface area contributed by atoms with Crippen LogP contribution in [0.2, 0.25) is 0 Å². The van der Waals surface area contributed by atoms with Crippen LogP contribution in [0, 0.1) is 0 Å². The van der Waals surface area contributed by atoms with Gasteiger partial charge in [-0.3, -0.25) is 9.08 Å². The molecule has 1 aliphatic rings. The minimum absolute atomic E-state index is 0.281. The smallest absolute Gasteiger partial charge is 0.140 e. The number of halogens is 1. The summed E-state index contributed by atoms with van der Waals surface area (Å²) in [6.45, 7) is 0.945. The molecule has 0 aromatic carbocycles. The van der Waals surface area contributed by atoms with Crippen LogP contribution in [0.4, 0.5) is 10.2 Å². The fourth-order valence-electron chi connectivity index (χ4n) is 3.78. The van der Waals surface area contributed by atoms with Gasteiger partial charge in [-0.2, -0.15) is 5.10 Å². The van der Waals surface area contributed by atoms with Crippen LogP contribution in [-0.2, 0) is 7.05 Å². The van der Waals surface area contributed by atoms with Crippen molar-refractivity contribution >= 4 is 11.5 Å². The van der Waals surface area contributed by atoms with Crippen LogP contribution in [0.15, 0.2) is 49.1 Å². The van der Waals surface area contributed by atoms with E-state index in [1.165, 1.54) is 0 Å². The summed E-state index contributed by atoms with van der Waals surface area (Å²) in [7, 11) is 3.52. The highest BCUT2D eigenvalue weighted by molar-refractivity contribution is 5.73. The lowest BCUT2D eigenvalue weighted by Crippen LogP contribution is -2.29. The van der Waals surface area contributed by atoms with Gasteiger partial charge in [-0.1, -0.05) is 6.07 Å². The van der Waals surface area contributed by atoms with E-state index in [0.717, 1.165) is 33.9 Å². The molecular formula is C21H22FN7O. The lowest BCUT2D eigenvalue weighted by Gasteiger charge is -2.15. The molecule has 4 aromatic heterocycles. The zero-order chi connectivity index (χ0) is 20.7. The van der Waals surface area contributed by atoms with Crippen molar-refractivity contribution in [1.29, 1.82) is 0 Å². The Kier molecular flexibility index (Phi) is 4.59. The molecule has 154 valence electrons. The van der Waals surface area contributed by atoms with E-state index in [-0.39, 0.29) is 6.04 Å². The van der Waals surface area contributed by atoms with Gasteiger partial charge in [0.25, 0.3) is 0 Å². The lowest BCUT2D eigenvalue weighted by atomic mass is 10.1. The number of alkyl halides is 1. The van der Waals surface area contributed by atoms with Gasteiger partial charge in [-0.05, 0) is 12.1 Å². The second kappa shape index (κ2) is 7.42. The van der Waals surface area contributed by atoms with Gasteiger partial charge in [-0.25, -0.2) is 14.4 Å². The van der Waals surface area contributed by atoms with Crippen molar-refractivity contribution in [3.8, 4) is 28.3 Å². The number of fused-ring (bicyclic) bond motifs is 1. The Hall–Kier alpha value is -3.46. The highest BCUT2D eigenvalue weighted by atomic mass is 19.1. The molecule has 1 saturated heterocycles. The van der Waals surface area contributed by atoms with Gasteiger partial charge in [0.15, 0.2) is 0 Å². The first-order valence-electron chi connectivity index (χ1n) is 9.75. The summed E-state index contributed by atoms with van der Waals surface area (Å²) in [5.74, 6) is 1.36. The van der Waals surface area contributed by atoms with Crippen molar-refractivity contribution in [3.63, 3.8) is 0 Å². The van der Waals surface area contributed by atoms with Gasteiger partial charge in [0.2, 0.25) is 0 Å². The molecular weight excluding hydrogens is 385 g/mol. The van der Waals surface area contributed by atoms with E-state index in [9.17, 15) is 4.39 Å². The van der Waals surface area contributed by atoms with E-state index in [2.05, 4.69) is 20.7 Å². The van der Waals surface area contributed by atoms with Crippen molar-refractivity contribution in [2.24, 2.45) is 7.05 Å². The van der Waals surface area contributed by atoms with E-state index in [1.807, 2.05) is 48.1 Å². The summed E-state index contributed by atoms with van der Waals surface area (Å²) >= 11 is 0. The monoisotopic (exact) mass is 407 g/mol. The minimum Gasteiger partial charge on any atom is -0.496 e. The predicted molar refractivity (Wildman–Crippen MR) is 112 cm³/mol. The Morgan fingerprint density at radius 1 is 1.23 bits per heavy atom.